The van der Waals surface area contributed by atoms with E-state index >= 15 is 0 Å². The fourth-order valence-electron chi connectivity index (χ4n) is 0.996. The van der Waals surface area contributed by atoms with E-state index in [1.165, 1.54) is 0 Å². The molecule has 0 aliphatic heterocycles. The molecule has 1 heteroatoms. The lowest BCUT2D eigenvalue weighted by Crippen LogP contribution is -1.90. The number of hydrogen-bond acceptors (Lipinski definition) is 1. The Bertz CT molecular complexity index is 290. The van der Waals surface area contributed by atoms with Crippen molar-refractivity contribution in [3.05, 3.63) is 60.4 Å². The van der Waals surface area contributed by atoms with Crippen molar-refractivity contribution in [2.24, 2.45) is 11.7 Å². The van der Waals surface area contributed by atoms with Gasteiger partial charge in [0, 0.05) is 5.70 Å². The number of allylic oxidation sites excluding steroid dienone is 9. The molecule has 1 nitrogen and oxygen atoms in total. The maximum atomic E-state index is 5.68. The largest absolute Gasteiger partial charge is 0.399 e. The Balaban J connectivity index is 2.81. The van der Waals surface area contributed by atoms with Crippen LogP contribution < -0.4 is 5.73 Å². The zero-order valence-corrected chi connectivity index (χ0v) is 7.85. The van der Waals surface area contributed by atoms with Crippen LogP contribution in [0.25, 0.3) is 0 Å². The monoisotopic (exact) mass is 173 g/mol. The van der Waals surface area contributed by atoms with E-state index in [9.17, 15) is 0 Å². The van der Waals surface area contributed by atoms with E-state index in [2.05, 4.69) is 19.1 Å². The van der Waals surface area contributed by atoms with Crippen molar-refractivity contribution in [2.75, 3.05) is 0 Å². The second-order valence-electron chi connectivity index (χ2n) is 3.04. The summed E-state index contributed by atoms with van der Waals surface area (Å²) in [6, 6.07) is 0. The fraction of sp³-hybridized carbons (Fsp3) is 0.167. The Morgan fingerprint density at radius 1 is 1.00 bits per heavy atom. The van der Waals surface area contributed by atoms with Crippen LogP contribution in [0.3, 0.4) is 0 Å². The topological polar surface area (TPSA) is 26.0 Å². The summed E-state index contributed by atoms with van der Waals surface area (Å²) >= 11 is 0. The van der Waals surface area contributed by atoms with Crippen LogP contribution in [0.2, 0.25) is 0 Å². The zero-order chi connectivity index (χ0) is 9.52. The molecule has 1 rings (SSSR count). The van der Waals surface area contributed by atoms with Gasteiger partial charge < -0.3 is 5.73 Å². The molecular weight excluding hydrogens is 158 g/mol. The summed E-state index contributed by atoms with van der Waals surface area (Å²) in [5, 5.41) is 0. The van der Waals surface area contributed by atoms with Gasteiger partial charge in [-0.2, -0.15) is 0 Å². The average Bonchev–Trinajstić information content (AvgIpc) is 2.14. The third kappa shape index (κ3) is 4.16. The molecule has 0 saturated heterocycles. The fourth-order valence-corrected chi connectivity index (χ4v) is 0.996. The molecule has 0 aromatic carbocycles. The lowest BCUT2D eigenvalue weighted by molar-refractivity contribution is 0.940. The number of rotatable bonds is 0. The Morgan fingerprint density at radius 2 is 1.69 bits per heavy atom. The summed E-state index contributed by atoms with van der Waals surface area (Å²) < 4.78 is 0. The summed E-state index contributed by atoms with van der Waals surface area (Å²) in [6.07, 6.45) is 17.9. The van der Waals surface area contributed by atoms with Gasteiger partial charge in [0.15, 0.2) is 0 Å². The molecule has 1 unspecified atom stereocenters. The quantitative estimate of drug-likeness (QED) is 0.599. The van der Waals surface area contributed by atoms with Gasteiger partial charge in [0.2, 0.25) is 0 Å². The second kappa shape index (κ2) is 5.20. The molecule has 13 heavy (non-hydrogen) atoms. The maximum Gasteiger partial charge on any atom is 0.0313 e. The lowest BCUT2D eigenvalue weighted by Gasteiger charge is -1.93. The van der Waals surface area contributed by atoms with Crippen molar-refractivity contribution in [3.8, 4) is 0 Å². The normalized spacial score (nSPS) is 33.9. The van der Waals surface area contributed by atoms with Crippen molar-refractivity contribution in [2.45, 2.75) is 6.92 Å². The molecule has 0 spiro atoms. The molecule has 68 valence electrons. The number of hydrogen-bond donors (Lipinski definition) is 1. The molecule has 0 bridgehead atoms. The Morgan fingerprint density at radius 3 is 2.46 bits per heavy atom. The first kappa shape index (κ1) is 9.59. The third-order valence-corrected chi connectivity index (χ3v) is 1.74. The molecule has 1 atom stereocenters. The van der Waals surface area contributed by atoms with Gasteiger partial charge in [-0.3, -0.25) is 0 Å². The minimum atomic E-state index is 0.466. The Labute approximate surface area is 79.6 Å². The summed E-state index contributed by atoms with van der Waals surface area (Å²) in [5.74, 6) is 0.466. The van der Waals surface area contributed by atoms with E-state index < -0.39 is 0 Å². The van der Waals surface area contributed by atoms with Crippen LogP contribution in [0.5, 0.6) is 0 Å². The zero-order valence-electron chi connectivity index (χ0n) is 7.85. The lowest BCUT2D eigenvalue weighted by atomic mass is 10.1. The highest BCUT2D eigenvalue weighted by atomic mass is 14.5. The van der Waals surface area contributed by atoms with Crippen molar-refractivity contribution >= 4 is 0 Å². The van der Waals surface area contributed by atoms with Crippen molar-refractivity contribution in [1.29, 1.82) is 0 Å². The third-order valence-electron chi connectivity index (χ3n) is 1.74. The van der Waals surface area contributed by atoms with Crippen LogP contribution in [0, 0.1) is 5.92 Å². The average molecular weight is 173 g/mol. The van der Waals surface area contributed by atoms with Gasteiger partial charge in [0.05, 0.1) is 0 Å². The minimum Gasteiger partial charge on any atom is -0.399 e. The van der Waals surface area contributed by atoms with Gasteiger partial charge in [-0.15, -0.1) is 0 Å². The van der Waals surface area contributed by atoms with Crippen LogP contribution in [0.15, 0.2) is 60.4 Å². The van der Waals surface area contributed by atoms with E-state index in [-0.39, 0.29) is 0 Å². The standard InChI is InChI=1S/C12H15N/c1-11-7-3-2-4-9-12(13)10-6-5-8-11/h2-11H,13H2,1H3/b4-2-,7-3?,8-5-,10-6-,12-9+. The van der Waals surface area contributed by atoms with E-state index in [1.807, 2.05) is 42.5 Å². The first-order valence-electron chi connectivity index (χ1n) is 4.44. The maximum absolute atomic E-state index is 5.68. The van der Waals surface area contributed by atoms with E-state index in [1.54, 1.807) is 0 Å². The van der Waals surface area contributed by atoms with Gasteiger partial charge in [-0.1, -0.05) is 49.5 Å². The molecule has 0 saturated carbocycles. The SMILES string of the molecule is CC1C=C\C=C/C=C(N)\C=C/C=C\1. The first-order valence-corrected chi connectivity index (χ1v) is 4.44. The summed E-state index contributed by atoms with van der Waals surface area (Å²) in [4.78, 5) is 0. The molecule has 0 radical (unpaired) electrons. The molecular formula is C12H15N. The smallest absolute Gasteiger partial charge is 0.0313 e. The first-order chi connectivity index (χ1) is 6.29. The van der Waals surface area contributed by atoms with Crippen LogP contribution in [0.4, 0.5) is 0 Å². The predicted octanol–water partition coefficient (Wildman–Crippen LogP) is 2.70. The predicted molar refractivity (Wildman–Crippen MR) is 58.0 cm³/mol. The minimum absolute atomic E-state index is 0.466. The Kier molecular flexibility index (Phi) is 3.83. The van der Waals surface area contributed by atoms with Gasteiger partial charge in [-0.05, 0) is 18.1 Å². The van der Waals surface area contributed by atoms with Gasteiger partial charge in [0.1, 0.15) is 0 Å². The molecule has 0 aromatic rings. The van der Waals surface area contributed by atoms with Gasteiger partial charge in [0.25, 0.3) is 0 Å². The van der Waals surface area contributed by atoms with Crippen LogP contribution in [-0.4, -0.2) is 0 Å². The van der Waals surface area contributed by atoms with Gasteiger partial charge >= 0.3 is 0 Å². The second-order valence-corrected chi connectivity index (χ2v) is 3.04. The van der Waals surface area contributed by atoms with Crippen LogP contribution in [0.1, 0.15) is 6.92 Å². The summed E-state index contributed by atoms with van der Waals surface area (Å²) in [5.41, 5.74) is 6.44. The van der Waals surface area contributed by atoms with Crippen LogP contribution >= 0.6 is 0 Å². The highest BCUT2D eigenvalue weighted by Crippen LogP contribution is 2.01. The summed E-state index contributed by atoms with van der Waals surface area (Å²) in [7, 11) is 0. The molecule has 0 fully saturated rings. The molecule has 0 aromatic heterocycles. The van der Waals surface area contributed by atoms with Crippen molar-refractivity contribution < 1.29 is 0 Å². The molecule has 2 N–H and O–H groups in total. The van der Waals surface area contributed by atoms with Crippen molar-refractivity contribution in [1.82, 2.24) is 0 Å². The van der Waals surface area contributed by atoms with Crippen molar-refractivity contribution in [3.63, 3.8) is 0 Å². The molecule has 0 amide bonds. The van der Waals surface area contributed by atoms with Gasteiger partial charge in [-0.25, -0.2) is 0 Å². The van der Waals surface area contributed by atoms with E-state index in [0.29, 0.717) is 5.92 Å². The van der Waals surface area contributed by atoms with E-state index in [0.717, 1.165) is 5.70 Å². The highest BCUT2D eigenvalue weighted by Gasteiger charge is 1.86. The molecule has 1 aliphatic carbocycles. The molecule has 1 aliphatic rings. The summed E-state index contributed by atoms with van der Waals surface area (Å²) in [6.45, 7) is 2.14. The van der Waals surface area contributed by atoms with Crippen LogP contribution in [-0.2, 0) is 0 Å². The molecule has 0 heterocycles. The van der Waals surface area contributed by atoms with E-state index in [4.69, 9.17) is 5.73 Å². The Hall–Kier alpha value is -1.50. The number of nitrogens with two attached hydrogens (primary N) is 1. The highest BCUT2D eigenvalue weighted by molar-refractivity contribution is 5.26.